The maximum atomic E-state index is 12.9. The fourth-order valence-corrected chi connectivity index (χ4v) is 3.66. The summed E-state index contributed by atoms with van der Waals surface area (Å²) < 4.78 is 11.2. The number of Topliss-reactive ketones (excluding diaryl/α,β-unsaturated/α-hetero) is 1. The van der Waals surface area contributed by atoms with Crippen LogP contribution in [0.4, 0.5) is 0 Å². The van der Waals surface area contributed by atoms with Gasteiger partial charge in [-0.2, -0.15) is 0 Å². The topological polar surface area (TPSA) is 84.4 Å². The maximum Gasteiger partial charge on any atom is 0.295 e. The van der Waals surface area contributed by atoms with Gasteiger partial charge in [0.25, 0.3) is 11.7 Å². The van der Waals surface area contributed by atoms with Gasteiger partial charge in [0.1, 0.15) is 29.1 Å². The number of likely N-dealkylation sites (N-methyl/N-ethyl adjacent to an activating group) is 1. The number of amides is 1. The molecule has 3 rings (SSSR count). The second kappa shape index (κ2) is 8.93. The predicted molar refractivity (Wildman–Crippen MR) is 113 cm³/mol. The zero-order valence-electron chi connectivity index (χ0n) is 17.5. The van der Waals surface area contributed by atoms with Crippen LogP contribution in [-0.4, -0.2) is 55.5 Å². The first-order valence-corrected chi connectivity index (χ1v) is 10.2. The molecule has 1 aliphatic heterocycles. The summed E-state index contributed by atoms with van der Waals surface area (Å²) in [5.41, 5.74) is 0.316. The van der Waals surface area contributed by atoms with Crippen LogP contribution in [0, 0.1) is 6.92 Å². The number of hydrogen-bond acceptors (Lipinski definition) is 5. The van der Waals surface area contributed by atoms with Crippen molar-refractivity contribution in [3.05, 3.63) is 58.0 Å². The van der Waals surface area contributed by atoms with Crippen LogP contribution in [0.3, 0.4) is 0 Å². The molecule has 2 aromatic rings. The van der Waals surface area contributed by atoms with E-state index in [4.69, 9.17) is 20.8 Å². The zero-order chi connectivity index (χ0) is 22.0. The number of aliphatic hydroxyl groups is 1. The van der Waals surface area contributed by atoms with E-state index >= 15 is 0 Å². The summed E-state index contributed by atoms with van der Waals surface area (Å²) >= 11 is 6.25. The molecular weight excluding hydrogens is 408 g/mol. The van der Waals surface area contributed by atoms with Crippen molar-refractivity contribution >= 4 is 29.1 Å². The molecule has 1 amide bonds. The number of aryl methyl sites for hydroxylation is 1. The Balaban J connectivity index is 2.10. The first-order chi connectivity index (χ1) is 14.2. The van der Waals surface area contributed by atoms with Crippen molar-refractivity contribution in [1.82, 2.24) is 4.90 Å². The van der Waals surface area contributed by atoms with E-state index in [9.17, 15) is 14.7 Å². The van der Waals surface area contributed by atoms with Gasteiger partial charge in [-0.05, 0) is 44.2 Å². The summed E-state index contributed by atoms with van der Waals surface area (Å²) in [4.78, 5) is 28.3. The lowest BCUT2D eigenvalue weighted by molar-refractivity contribution is -0.857. The molecule has 2 N–H and O–H groups in total. The van der Waals surface area contributed by atoms with Gasteiger partial charge in [0, 0.05) is 5.56 Å². The molecule has 1 aromatic heterocycles. The quantitative estimate of drug-likeness (QED) is 0.397. The standard InChI is InChI=1S/C22H25ClN2O5/c1-5-29-16-9-7-14(12-15(16)23)20(26)18-19(17-8-6-13(2)30-17)25(11-10-24(3)4)22(28)21(18)27/h6-9,12,19,26H,5,10-11H2,1-4H3/p+1/t19-/m1/s1. The van der Waals surface area contributed by atoms with Gasteiger partial charge >= 0.3 is 0 Å². The molecule has 0 unspecified atom stereocenters. The Morgan fingerprint density at radius 3 is 2.57 bits per heavy atom. The minimum atomic E-state index is -0.802. The van der Waals surface area contributed by atoms with Crippen LogP contribution in [-0.2, 0) is 9.59 Å². The Morgan fingerprint density at radius 1 is 1.27 bits per heavy atom. The fraction of sp³-hybridized carbons (Fsp3) is 0.364. The van der Waals surface area contributed by atoms with Crippen molar-refractivity contribution in [3.63, 3.8) is 0 Å². The highest BCUT2D eigenvalue weighted by Crippen LogP contribution is 2.40. The molecule has 1 fully saturated rings. The van der Waals surface area contributed by atoms with E-state index in [1.54, 1.807) is 31.2 Å². The van der Waals surface area contributed by atoms with E-state index in [0.29, 0.717) is 47.6 Å². The van der Waals surface area contributed by atoms with Crippen LogP contribution in [0.25, 0.3) is 5.76 Å². The van der Waals surface area contributed by atoms with E-state index in [1.807, 2.05) is 21.0 Å². The van der Waals surface area contributed by atoms with Crippen molar-refractivity contribution in [3.8, 4) is 5.75 Å². The highest BCUT2D eigenvalue weighted by Gasteiger charge is 2.47. The normalized spacial score (nSPS) is 18.5. The van der Waals surface area contributed by atoms with Crippen LogP contribution in [0.15, 0.2) is 40.3 Å². The molecule has 30 heavy (non-hydrogen) atoms. The van der Waals surface area contributed by atoms with Gasteiger partial charge in [0.2, 0.25) is 0 Å². The summed E-state index contributed by atoms with van der Waals surface area (Å²) in [7, 11) is 3.93. The van der Waals surface area contributed by atoms with Crippen LogP contribution in [0.2, 0.25) is 5.02 Å². The number of ether oxygens (including phenoxy) is 1. The van der Waals surface area contributed by atoms with Crippen molar-refractivity contribution < 1.29 is 28.7 Å². The Bertz CT molecular complexity index is 995. The Hall–Kier alpha value is -2.77. The van der Waals surface area contributed by atoms with E-state index in [-0.39, 0.29) is 11.3 Å². The Kier molecular flexibility index (Phi) is 6.53. The SMILES string of the molecule is CCOc1ccc(C(O)=C2C(=O)C(=O)N(CC[NH+](C)C)[C@@H]2c2ccc(C)o2)cc1Cl. The van der Waals surface area contributed by atoms with E-state index in [0.717, 1.165) is 4.90 Å². The third kappa shape index (κ3) is 4.22. The van der Waals surface area contributed by atoms with E-state index < -0.39 is 17.7 Å². The minimum absolute atomic E-state index is 0.0108. The third-order valence-corrected chi connectivity index (χ3v) is 5.22. The van der Waals surface area contributed by atoms with Crippen molar-refractivity contribution in [1.29, 1.82) is 0 Å². The summed E-state index contributed by atoms with van der Waals surface area (Å²) in [5, 5.41) is 11.3. The molecule has 1 aromatic carbocycles. The third-order valence-electron chi connectivity index (χ3n) is 4.93. The van der Waals surface area contributed by atoms with E-state index in [2.05, 4.69) is 0 Å². The number of furan rings is 1. The molecule has 0 bridgehead atoms. The van der Waals surface area contributed by atoms with E-state index in [1.165, 1.54) is 11.0 Å². The largest absolute Gasteiger partial charge is 0.507 e. The zero-order valence-corrected chi connectivity index (χ0v) is 18.2. The smallest absolute Gasteiger partial charge is 0.295 e. The highest BCUT2D eigenvalue weighted by atomic mass is 35.5. The lowest BCUT2D eigenvalue weighted by Gasteiger charge is -2.23. The summed E-state index contributed by atoms with van der Waals surface area (Å²) in [5.74, 6) is -0.142. The van der Waals surface area contributed by atoms with Gasteiger partial charge in [-0.1, -0.05) is 11.6 Å². The molecule has 2 heterocycles. The molecule has 0 saturated carbocycles. The average molecular weight is 434 g/mol. The molecule has 1 atom stereocenters. The Labute approximate surface area is 180 Å². The molecule has 0 spiro atoms. The van der Waals surface area contributed by atoms with Crippen LogP contribution in [0.5, 0.6) is 5.75 Å². The average Bonchev–Trinajstić information content (AvgIpc) is 3.23. The number of carbonyl (C=O) groups excluding carboxylic acids is 2. The van der Waals surface area contributed by atoms with Crippen LogP contribution in [0.1, 0.15) is 30.0 Å². The van der Waals surface area contributed by atoms with Gasteiger partial charge in [-0.25, -0.2) is 0 Å². The molecule has 0 aliphatic carbocycles. The lowest BCUT2D eigenvalue weighted by atomic mass is 9.99. The van der Waals surface area contributed by atoms with Gasteiger partial charge in [0.05, 0.1) is 44.4 Å². The van der Waals surface area contributed by atoms with Gasteiger partial charge in [0.15, 0.2) is 0 Å². The monoisotopic (exact) mass is 433 g/mol. The number of benzene rings is 1. The number of carbonyl (C=O) groups is 2. The molecule has 7 nitrogen and oxygen atoms in total. The number of nitrogens with one attached hydrogen (secondary N) is 1. The summed E-state index contributed by atoms with van der Waals surface area (Å²) in [6.45, 7) is 5.05. The van der Waals surface area contributed by atoms with Gasteiger partial charge < -0.3 is 24.1 Å². The highest BCUT2D eigenvalue weighted by molar-refractivity contribution is 6.46. The van der Waals surface area contributed by atoms with Gasteiger partial charge in [-0.15, -0.1) is 0 Å². The molecule has 1 saturated heterocycles. The first-order valence-electron chi connectivity index (χ1n) is 9.81. The van der Waals surface area contributed by atoms with Crippen molar-refractivity contribution in [2.75, 3.05) is 33.8 Å². The van der Waals surface area contributed by atoms with Crippen molar-refractivity contribution in [2.24, 2.45) is 0 Å². The van der Waals surface area contributed by atoms with Crippen molar-refractivity contribution in [2.45, 2.75) is 19.9 Å². The molecule has 160 valence electrons. The Morgan fingerprint density at radius 2 is 2.00 bits per heavy atom. The first kappa shape index (κ1) is 21.9. The number of quaternary nitrogens is 1. The lowest BCUT2D eigenvalue weighted by Crippen LogP contribution is -3.06. The molecule has 0 radical (unpaired) electrons. The number of likely N-dealkylation sites (tertiary alicyclic amines) is 1. The van der Waals surface area contributed by atoms with Crippen LogP contribution >= 0.6 is 11.6 Å². The fourth-order valence-electron chi connectivity index (χ4n) is 3.43. The molecular formula is C22H26ClN2O5+. The molecule has 8 heteroatoms. The van der Waals surface area contributed by atoms with Crippen LogP contribution < -0.4 is 9.64 Å². The second-order valence-corrected chi connectivity index (χ2v) is 7.88. The molecule has 1 aliphatic rings. The number of hydrogen-bond donors (Lipinski definition) is 2. The predicted octanol–water partition coefficient (Wildman–Crippen LogP) is 2.21. The van der Waals surface area contributed by atoms with Gasteiger partial charge in [-0.3, -0.25) is 9.59 Å². The number of aliphatic hydroxyl groups excluding tert-OH is 1. The number of rotatable bonds is 7. The summed E-state index contributed by atoms with van der Waals surface area (Å²) in [6, 6.07) is 7.43. The maximum absolute atomic E-state index is 12.9. The minimum Gasteiger partial charge on any atom is -0.507 e. The summed E-state index contributed by atoms with van der Waals surface area (Å²) in [6.07, 6.45) is 0. The number of nitrogens with zero attached hydrogens (tertiary/aromatic N) is 1. The number of ketones is 1. The second-order valence-electron chi connectivity index (χ2n) is 7.48. The number of halogens is 1.